The summed E-state index contributed by atoms with van der Waals surface area (Å²) in [7, 11) is 0. The molecule has 2 aromatic heterocycles. The largest absolute Gasteiger partial charge is 0.349 e. The first kappa shape index (κ1) is 24.0. The predicted molar refractivity (Wildman–Crippen MR) is 131 cm³/mol. The molecule has 180 valence electrons. The fourth-order valence-electron chi connectivity index (χ4n) is 3.75. The second-order valence-electron chi connectivity index (χ2n) is 8.87. The number of nitrogens with zero attached hydrogens (tertiary/aromatic N) is 5. The van der Waals surface area contributed by atoms with Crippen LogP contribution in [0.25, 0.3) is 11.0 Å². The third-order valence-corrected chi connectivity index (χ3v) is 5.94. The number of halogens is 1. The van der Waals surface area contributed by atoms with Crippen molar-refractivity contribution in [1.29, 1.82) is 0 Å². The molecule has 0 saturated carbocycles. The Hall–Kier alpha value is -4.14. The molecule has 2 aromatic carbocycles. The van der Waals surface area contributed by atoms with Crippen LogP contribution in [-0.2, 0) is 16.1 Å². The molecule has 0 fully saturated rings. The molecule has 2 amide bonds. The molecule has 0 spiro atoms. The average Bonchev–Trinajstić information content (AvgIpc) is 3.26. The number of benzene rings is 2. The lowest BCUT2D eigenvalue weighted by Crippen LogP contribution is -2.51. The van der Waals surface area contributed by atoms with Gasteiger partial charge in [-0.3, -0.25) is 19.5 Å². The lowest BCUT2D eigenvalue weighted by Gasteiger charge is -2.34. The Morgan fingerprint density at radius 3 is 2.54 bits per heavy atom. The van der Waals surface area contributed by atoms with Crippen molar-refractivity contribution >= 4 is 28.5 Å². The first-order valence-corrected chi connectivity index (χ1v) is 11.4. The molecule has 4 rings (SSSR count). The van der Waals surface area contributed by atoms with Crippen LogP contribution in [0, 0.1) is 5.82 Å². The van der Waals surface area contributed by atoms with Crippen LogP contribution < -0.4 is 10.2 Å². The quantitative estimate of drug-likeness (QED) is 0.416. The molecule has 0 radical (unpaired) electrons. The molecule has 0 saturated heterocycles. The van der Waals surface area contributed by atoms with Gasteiger partial charge in [-0.25, -0.2) is 9.07 Å². The van der Waals surface area contributed by atoms with Crippen LogP contribution in [0.5, 0.6) is 0 Å². The van der Waals surface area contributed by atoms with Gasteiger partial charge in [0.05, 0.1) is 11.2 Å². The second kappa shape index (κ2) is 10.0. The molecule has 35 heavy (non-hydrogen) atoms. The molecule has 0 aliphatic rings. The van der Waals surface area contributed by atoms with E-state index < -0.39 is 29.2 Å². The van der Waals surface area contributed by atoms with Gasteiger partial charge in [0.1, 0.15) is 23.9 Å². The van der Waals surface area contributed by atoms with Gasteiger partial charge in [0, 0.05) is 23.5 Å². The summed E-state index contributed by atoms with van der Waals surface area (Å²) in [6.45, 7) is 5.50. The lowest BCUT2D eigenvalue weighted by molar-refractivity contribution is -0.128. The lowest BCUT2D eigenvalue weighted by atomic mass is 9.99. The van der Waals surface area contributed by atoms with Crippen LogP contribution in [-0.4, -0.2) is 37.3 Å². The molecular weight excluding hydrogens is 447 g/mol. The number of hydrogen-bond donors (Lipinski definition) is 1. The molecule has 0 bridgehead atoms. The summed E-state index contributed by atoms with van der Waals surface area (Å²) in [5, 5.41) is 11.2. The van der Waals surface area contributed by atoms with Gasteiger partial charge < -0.3 is 5.32 Å². The van der Waals surface area contributed by atoms with E-state index >= 15 is 4.39 Å². The standard InChI is InChI=1S/C26H27FN6O2/c1-4-26(2,3)29-25(35)24(18-10-9-15-28-16-18)33(21-13-7-5-11-19(21)27)23(34)17-32-22-14-8-6-12-20(22)30-31-32/h5-16,24H,4,17H2,1-3H3,(H,29,35)/t24-/m1/s1. The van der Waals surface area contributed by atoms with Crippen LogP contribution >= 0.6 is 0 Å². The normalized spacial score (nSPS) is 12.3. The molecule has 0 aliphatic heterocycles. The topological polar surface area (TPSA) is 93.0 Å². The Bertz CT molecular complexity index is 1340. The fourth-order valence-corrected chi connectivity index (χ4v) is 3.75. The number of nitrogens with one attached hydrogen (secondary N) is 1. The molecular formula is C26H27FN6O2. The van der Waals surface area contributed by atoms with Crippen molar-refractivity contribution in [3.63, 3.8) is 0 Å². The summed E-state index contributed by atoms with van der Waals surface area (Å²) in [6, 6.07) is 15.3. The van der Waals surface area contributed by atoms with Gasteiger partial charge in [-0.15, -0.1) is 5.10 Å². The fraction of sp³-hybridized carbons (Fsp3) is 0.269. The first-order valence-electron chi connectivity index (χ1n) is 11.4. The number of fused-ring (bicyclic) bond motifs is 1. The Labute approximate surface area is 202 Å². The molecule has 9 heteroatoms. The second-order valence-corrected chi connectivity index (χ2v) is 8.87. The van der Waals surface area contributed by atoms with E-state index in [1.54, 1.807) is 36.5 Å². The van der Waals surface area contributed by atoms with Crippen molar-refractivity contribution in [3.05, 3.63) is 84.4 Å². The smallest absolute Gasteiger partial charge is 0.249 e. The van der Waals surface area contributed by atoms with E-state index in [9.17, 15) is 9.59 Å². The number of para-hydroxylation sites is 2. The molecule has 0 unspecified atom stereocenters. The van der Waals surface area contributed by atoms with E-state index in [1.165, 1.54) is 34.0 Å². The number of amides is 2. The van der Waals surface area contributed by atoms with Gasteiger partial charge in [-0.1, -0.05) is 42.5 Å². The van der Waals surface area contributed by atoms with E-state index in [2.05, 4.69) is 20.6 Å². The van der Waals surface area contributed by atoms with Crippen LogP contribution in [0.15, 0.2) is 73.1 Å². The zero-order valence-electron chi connectivity index (χ0n) is 19.9. The Balaban J connectivity index is 1.82. The highest BCUT2D eigenvalue weighted by molar-refractivity contribution is 6.01. The number of anilines is 1. The summed E-state index contributed by atoms with van der Waals surface area (Å²) < 4.78 is 16.5. The van der Waals surface area contributed by atoms with Gasteiger partial charge in [-0.2, -0.15) is 0 Å². The van der Waals surface area contributed by atoms with Crippen LogP contribution in [0.2, 0.25) is 0 Å². The Kier molecular flexibility index (Phi) is 6.86. The van der Waals surface area contributed by atoms with Crippen molar-refractivity contribution in [2.75, 3.05) is 4.90 Å². The highest BCUT2D eigenvalue weighted by Crippen LogP contribution is 2.31. The maximum absolute atomic E-state index is 15.1. The van der Waals surface area contributed by atoms with E-state index in [1.807, 2.05) is 32.9 Å². The number of carbonyl (C=O) groups is 2. The van der Waals surface area contributed by atoms with Gasteiger partial charge in [0.2, 0.25) is 11.8 Å². The Morgan fingerprint density at radius 2 is 1.83 bits per heavy atom. The zero-order chi connectivity index (χ0) is 25.0. The number of pyridine rings is 1. The van der Waals surface area contributed by atoms with Crippen molar-refractivity contribution in [2.24, 2.45) is 0 Å². The van der Waals surface area contributed by atoms with Crippen LogP contribution in [0.1, 0.15) is 38.8 Å². The minimum Gasteiger partial charge on any atom is -0.349 e. The Morgan fingerprint density at radius 1 is 1.09 bits per heavy atom. The molecule has 4 aromatic rings. The summed E-state index contributed by atoms with van der Waals surface area (Å²) in [4.78, 5) is 32.8. The van der Waals surface area contributed by atoms with Gasteiger partial charge in [-0.05, 0) is 50.6 Å². The molecule has 1 atom stereocenters. The summed E-state index contributed by atoms with van der Waals surface area (Å²) in [5.41, 5.74) is 1.19. The van der Waals surface area contributed by atoms with E-state index in [-0.39, 0.29) is 12.2 Å². The zero-order valence-corrected chi connectivity index (χ0v) is 19.9. The summed E-state index contributed by atoms with van der Waals surface area (Å²) in [5.74, 6) is -1.59. The molecule has 8 nitrogen and oxygen atoms in total. The van der Waals surface area contributed by atoms with Crippen molar-refractivity contribution in [2.45, 2.75) is 45.3 Å². The third-order valence-electron chi connectivity index (χ3n) is 5.94. The monoisotopic (exact) mass is 474 g/mol. The average molecular weight is 475 g/mol. The van der Waals surface area contributed by atoms with Gasteiger partial charge in [0.25, 0.3) is 0 Å². The van der Waals surface area contributed by atoms with Crippen LogP contribution in [0.3, 0.4) is 0 Å². The number of hydrogen-bond acceptors (Lipinski definition) is 5. The number of rotatable bonds is 8. The SMILES string of the molecule is CCC(C)(C)NC(=O)[C@@H](c1cccnc1)N(C(=O)Cn1nnc2ccccc21)c1ccccc1F. The minimum atomic E-state index is -1.16. The first-order chi connectivity index (χ1) is 16.8. The highest BCUT2D eigenvalue weighted by atomic mass is 19.1. The maximum atomic E-state index is 15.1. The van der Waals surface area contributed by atoms with Gasteiger partial charge in [0.15, 0.2) is 0 Å². The van der Waals surface area contributed by atoms with E-state index in [0.29, 0.717) is 23.0 Å². The van der Waals surface area contributed by atoms with Crippen molar-refractivity contribution in [1.82, 2.24) is 25.3 Å². The molecule has 2 heterocycles. The summed E-state index contributed by atoms with van der Waals surface area (Å²) in [6.07, 6.45) is 3.75. The van der Waals surface area contributed by atoms with Crippen molar-refractivity contribution in [3.8, 4) is 0 Å². The molecule has 0 aliphatic carbocycles. The summed E-state index contributed by atoms with van der Waals surface area (Å²) >= 11 is 0. The third kappa shape index (κ3) is 5.18. The van der Waals surface area contributed by atoms with E-state index in [0.717, 1.165) is 0 Å². The number of carbonyl (C=O) groups excluding carboxylic acids is 2. The minimum absolute atomic E-state index is 0.0137. The van der Waals surface area contributed by atoms with Gasteiger partial charge >= 0.3 is 0 Å². The molecule has 1 N–H and O–H groups in total. The van der Waals surface area contributed by atoms with Crippen LogP contribution in [0.4, 0.5) is 10.1 Å². The predicted octanol–water partition coefficient (Wildman–Crippen LogP) is 4.04. The maximum Gasteiger partial charge on any atom is 0.249 e. The highest BCUT2D eigenvalue weighted by Gasteiger charge is 2.36. The number of aromatic nitrogens is 4. The van der Waals surface area contributed by atoms with Crippen molar-refractivity contribution < 1.29 is 14.0 Å². The van der Waals surface area contributed by atoms with E-state index in [4.69, 9.17) is 0 Å².